The summed E-state index contributed by atoms with van der Waals surface area (Å²) in [4.78, 5) is 26.0. The van der Waals surface area contributed by atoms with Crippen LogP contribution in [-0.4, -0.2) is 23.6 Å². The summed E-state index contributed by atoms with van der Waals surface area (Å²) in [5.41, 5.74) is 1.85. The van der Waals surface area contributed by atoms with Gasteiger partial charge >= 0.3 is 6.09 Å². The summed E-state index contributed by atoms with van der Waals surface area (Å²) in [6.07, 6.45) is 7.12. The Kier molecular flexibility index (Phi) is 5.90. The van der Waals surface area contributed by atoms with Crippen molar-refractivity contribution in [2.75, 3.05) is 0 Å². The van der Waals surface area contributed by atoms with Crippen molar-refractivity contribution in [3.05, 3.63) is 71.8 Å². The first-order chi connectivity index (χ1) is 15.6. The smallest absolute Gasteiger partial charge is 0.408 e. The molecule has 4 saturated carbocycles. The first-order valence-electron chi connectivity index (χ1n) is 11.9. The summed E-state index contributed by atoms with van der Waals surface area (Å²) < 4.78 is 5.41. The molecule has 0 spiro atoms. The number of nitrogens with one attached hydrogen (secondary N) is 2. The third-order valence-corrected chi connectivity index (χ3v) is 7.53. The van der Waals surface area contributed by atoms with Crippen molar-refractivity contribution in [2.45, 2.75) is 63.1 Å². The second-order valence-corrected chi connectivity index (χ2v) is 10.1. The molecular weight excluding hydrogens is 400 g/mol. The molecule has 4 aliphatic carbocycles. The van der Waals surface area contributed by atoms with E-state index in [2.05, 4.69) is 10.6 Å². The average Bonchev–Trinajstić information content (AvgIpc) is 2.77. The van der Waals surface area contributed by atoms with E-state index in [4.69, 9.17) is 4.74 Å². The van der Waals surface area contributed by atoms with Crippen LogP contribution in [0.3, 0.4) is 0 Å². The third kappa shape index (κ3) is 4.82. The number of alkyl carbamates (subject to hydrolysis) is 1. The molecule has 168 valence electrons. The molecule has 4 fully saturated rings. The lowest BCUT2D eigenvalue weighted by Crippen LogP contribution is -2.63. The van der Waals surface area contributed by atoms with Crippen LogP contribution in [0.2, 0.25) is 0 Å². The van der Waals surface area contributed by atoms with Gasteiger partial charge in [0, 0.05) is 12.0 Å². The molecule has 4 bridgehead atoms. The summed E-state index contributed by atoms with van der Waals surface area (Å²) in [5.74, 6) is 2.15. The summed E-state index contributed by atoms with van der Waals surface area (Å²) >= 11 is 0. The van der Waals surface area contributed by atoms with Gasteiger partial charge in [-0.05, 0) is 67.4 Å². The predicted molar refractivity (Wildman–Crippen MR) is 123 cm³/mol. The maximum atomic E-state index is 13.5. The molecule has 5 heteroatoms. The highest BCUT2D eigenvalue weighted by Crippen LogP contribution is 2.55. The quantitative estimate of drug-likeness (QED) is 0.671. The van der Waals surface area contributed by atoms with Crippen molar-refractivity contribution in [1.29, 1.82) is 0 Å². The van der Waals surface area contributed by atoms with Crippen LogP contribution in [0.4, 0.5) is 4.79 Å². The van der Waals surface area contributed by atoms with E-state index in [1.54, 1.807) is 0 Å². The fraction of sp³-hybridized carbons (Fsp3) is 0.481. The number of ether oxygens (including phenoxy) is 1. The third-order valence-electron chi connectivity index (χ3n) is 7.53. The van der Waals surface area contributed by atoms with Crippen molar-refractivity contribution in [3.8, 4) is 0 Å². The van der Waals surface area contributed by atoms with Gasteiger partial charge in [0.05, 0.1) is 0 Å². The van der Waals surface area contributed by atoms with Gasteiger partial charge < -0.3 is 15.4 Å². The molecule has 2 aromatic rings. The standard InChI is InChI=1S/C27H32N2O3/c30-25(29-27-15-21-11-22(16-27)13-23(12-21)17-27)24(14-19-7-3-1-4-8-19)28-26(31)32-18-20-9-5-2-6-10-20/h1-10,21-24H,11-18H2,(H,28,31)(H,29,30). The first-order valence-corrected chi connectivity index (χ1v) is 11.9. The van der Waals surface area contributed by atoms with Gasteiger partial charge in [-0.2, -0.15) is 0 Å². The zero-order valence-corrected chi connectivity index (χ0v) is 18.5. The molecule has 0 radical (unpaired) electrons. The number of hydrogen-bond donors (Lipinski definition) is 2. The van der Waals surface area contributed by atoms with E-state index in [-0.39, 0.29) is 18.1 Å². The van der Waals surface area contributed by atoms with E-state index >= 15 is 0 Å². The van der Waals surface area contributed by atoms with Crippen molar-refractivity contribution < 1.29 is 14.3 Å². The lowest BCUT2D eigenvalue weighted by molar-refractivity contribution is -0.128. The zero-order chi connectivity index (χ0) is 22.0. The Morgan fingerprint density at radius 3 is 1.94 bits per heavy atom. The average molecular weight is 433 g/mol. The Balaban J connectivity index is 1.26. The molecular formula is C27H32N2O3. The van der Waals surface area contributed by atoms with E-state index in [1.165, 1.54) is 19.3 Å². The SMILES string of the molecule is O=C(NC(Cc1ccccc1)C(=O)NC12CC3CC(CC(C3)C1)C2)OCc1ccccc1. The van der Waals surface area contributed by atoms with Gasteiger partial charge in [0.15, 0.2) is 0 Å². The molecule has 4 aliphatic rings. The van der Waals surface area contributed by atoms with E-state index in [9.17, 15) is 9.59 Å². The number of carbonyl (C=O) groups is 2. The topological polar surface area (TPSA) is 67.4 Å². The van der Waals surface area contributed by atoms with Crippen LogP contribution in [-0.2, 0) is 22.6 Å². The highest BCUT2D eigenvalue weighted by Gasteiger charge is 2.51. The minimum Gasteiger partial charge on any atom is -0.445 e. The number of hydrogen-bond acceptors (Lipinski definition) is 3. The highest BCUT2D eigenvalue weighted by molar-refractivity contribution is 5.86. The molecule has 5 nitrogen and oxygen atoms in total. The molecule has 0 aromatic heterocycles. The molecule has 0 aliphatic heterocycles. The summed E-state index contributed by atoms with van der Waals surface area (Å²) in [6.45, 7) is 0.182. The Bertz CT molecular complexity index is 909. The van der Waals surface area contributed by atoms with Crippen LogP contribution in [0, 0.1) is 17.8 Å². The minimum atomic E-state index is -0.659. The van der Waals surface area contributed by atoms with E-state index in [0.29, 0.717) is 6.42 Å². The van der Waals surface area contributed by atoms with Crippen molar-refractivity contribution >= 4 is 12.0 Å². The summed E-state index contributed by atoms with van der Waals surface area (Å²) in [7, 11) is 0. The van der Waals surface area contributed by atoms with Gasteiger partial charge in [0.1, 0.15) is 12.6 Å². The lowest BCUT2D eigenvalue weighted by Gasteiger charge is -2.57. The predicted octanol–water partition coefficient (Wildman–Crippen LogP) is 4.61. The fourth-order valence-electron chi connectivity index (χ4n) is 6.58. The van der Waals surface area contributed by atoms with E-state index in [1.807, 2.05) is 60.7 Å². The van der Waals surface area contributed by atoms with Crippen LogP contribution in [0.15, 0.2) is 60.7 Å². The van der Waals surface area contributed by atoms with Crippen molar-refractivity contribution in [1.82, 2.24) is 10.6 Å². The maximum Gasteiger partial charge on any atom is 0.408 e. The van der Waals surface area contributed by atoms with Crippen molar-refractivity contribution in [2.24, 2.45) is 17.8 Å². The Morgan fingerprint density at radius 2 is 1.38 bits per heavy atom. The molecule has 0 saturated heterocycles. The molecule has 1 atom stereocenters. The first kappa shape index (κ1) is 21.0. The second-order valence-electron chi connectivity index (χ2n) is 10.1. The maximum absolute atomic E-state index is 13.5. The van der Waals surface area contributed by atoms with Crippen LogP contribution < -0.4 is 10.6 Å². The fourth-order valence-corrected chi connectivity index (χ4v) is 6.58. The van der Waals surface area contributed by atoms with Crippen LogP contribution in [0.1, 0.15) is 49.7 Å². The van der Waals surface area contributed by atoms with E-state index in [0.717, 1.165) is 48.1 Å². The number of rotatable bonds is 7. The van der Waals surface area contributed by atoms with Crippen LogP contribution in [0.5, 0.6) is 0 Å². The summed E-state index contributed by atoms with van der Waals surface area (Å²) in [5, 5.41) is 6.26. The monoisotopic (exact) mass is 432 g/mol. The molecule has 2 N–H and O–H groups in total. The molecule has 2 aromatic carbocycles. The Labute approximate surface area is 189 Å². The normalized spacial score (nSPS) is 28.7. The van der Waals surface area contributed by atoms with Gasteiger partial charge in [-0.1, -0.05) is 60.7 Å². The van der Waals surface area contributed by atoms with Crippen molar-refractivity contribution in [3.63, 3.8) is 0 Å². The Morgan fingerprint density at radius 1 is 0.844 bits per heavy atom. The van der Waals surface area contributed by atoms with Gasteiger partial charge in [-0.3, -0.25) is 4.79 Å². The minimum absolute atomic E-state index is 0.0869. The highest BCUT2D eigenvalue weighted by atomic mass is 16.5. The van der Waals surface area contributed by atoms with Gasteiger partial charge in [-0.15, -0.1) is 0 Å². The molecule has 1 unspecified atom stereocenters. The number of carbonyl (C=O) groups excluding carboxylic acids is 2. The van der Waals surface area contributed by atoms with Gasteiger partial charge in [0.2, 0.25) is 5.91 Å². The van der Waals surface area contributed by atoms with Gasteiger partial charge in [0.25, 0.3) is 0 Å². The van der Waals surface area contributed by atoms with E-state index < -0.39 is 12.1 Å². The lowest BCUT2D eigenvalue weighted by atomic mass is 9.53. The largest absolute Gasteiger partial charge is 0.445 e. The molecule has 0 heterocycles. The summed E-state index contributed by atoms with van der Waals surface area (Å²) in [6, 6.07) is 18.8. The Hall–Kier alpha value is -2.82. The van der Waals surface area contributed by atoms with Crippen LogP contribution in [0.25, 0.3) is 0 Å². The number of amides is 2. The zero-order valence-electron chi connectivity index (χ0n) is 18.5. The molecule has 2 amide bonds. The second kappa shape index (κ2) is 8.97. The van der Waals surface area contributed by atoms with Crippen LogP contribution >= 0.6 is 0 Å². The molecule has 32 heavy (non-hydrogen) atoms. The van der Waals surface area contributed by atoms with Gasteiger partial charge in [-0.25, -0.2) is 4.79 Å². The number of benzene rings is 2. The molecule has 6 rings (SSSR count).